The lowest BCUT2D eigenvalue weighted by molar-refractivity contribution is 1.08. The van der Waals surface area contributed by atoms with Gasteiger partial charge in [0.25, 0.3) is 0 Å². The van der Waals surface area contributed by atoms with Gasteiger partial charge in [0.15, 0.2) is 0 Å². The van der Waals surface area contributed by atoms with Crippen molar-refractivity contribution in [2.24, 2.45) is 0 Å². The molecule has 0 aliphatic rings. The van der Waals surface area contributed by atoms with Gasteiger partial charge in [-0.3, -0.25) is 0 Å². The summed E-state index contributed by atoms with van der Waals surface area (Å²) >= 11 is 3.38. The summed E-state index contributed by atoms with van der Waals surface area (Å²) in [7, 11) is 0. The summed E-state index contributed by atoms with van der Waals surface area (Å²) in [5, 5.41) is 8.67. The molecule has 14 heavy (non-hydrogen) atoms. The van der Waals surface area contributed by atoms with Crippen molar-refractivity contribution in [1.82, 2.24) is 4.57 Å². The van der Waals surface area contributed by atoms with E-state index in [4.69, 9.17) is 5.26 Å². The first-order valence-corrected chi connectivity index (χ1v) is 4.93. The van der Waals surface area contributed by atoms with Gasteiger partial charge in [-0.2, -0.15) is 5.26 Å². The van der Waals surface area contributed by atoms with Crippen molar-refractivity contribution >= 4 is 15.9 Å². The maximum Gasteiger partial charge on any atom is 0.101 e. The average Bonchev–Trinajstić information content (AvgIpc) is 2.67. The normalized spacial score (nSPS) is 9.71. The fourth-order valence-electron chi connectivity index (χ4n) is 1.24. The molecule has 68 valence electrons. The Bertz CT molecular complexity index is 477. The first-order chi connectivity index (χ1) is 6.79. The van der Waals surface area contributed by atoms with E-state index in [2.05, 4.69) is 22.0 Å². The van der Waals surface area contributed by atoms with Crippen LogP contribution in [0.2, 0.25) is 0 Å². The monoisotopic (exact) mass is 246 g/mol. The molecule has 1 aromatic carbocycles. The van der Waals surface area contributed by atoms with E-state index < -0.39 is 0 Å². The van der Waals surface area contributed by atoms with Gasteiger partial charge in [0.05, 0.1) is 5.56 Å². The zero-order valence-corrected chi connectivity index (χ0v) is 8.90. The van der Waals surface area contributed by atoms with Crippen LogP contribution in [0.3, 0.4) is 0 Å². The summed E-state index contributed by atoms with van der Waals surface area (Å²) in [6, 6.07) is 11.8. The minimum atomic E-state index is 0.674. The number of halogens is 1. The Morgan fingerprint density at radius 2 is 1.86 bits per heavy atom. The standard InChI is InChI=1S/C11H7BrN2/c12-10-1-3-11(4-2-10)14-6-5-9(7-13)8-14/h1-6,8H. The molecule has 0 aliphatic carbocycles. The van der Waals surface area contributed by atoms with Crippen molar-refractivity contribution in [2.75, 3.05) is 0 Å². The lowest BCUT2D eigenvalue weighted by Gasteiger charge is -2.01. The third kappa shape index (κ3) is 1.70. The smallest absolute Gasteiger partial charge is 0.101 e. The predicted molar refractivity (Wildman–Crippen MR) is 58.2 cm³/mol. The molecule has 2 nitrogen and oxygen atoms in total. The molecule has 3 heteroatoms. The molecule has 0 atom stereocenters. The molecule has 0 bridgehead atoms. The van der Waals surface area contributed by atoms with Gasteiger partial charge in [0, 0.05) is 22.6 Å². The Kier molecular flexibility index (Phi) is 2.38. The molecule has 0 saturated carbocycles. The zero-order chi connectivity index (χ0) is 9.97. The number of hydrogen-bond donors (Lipinski definition) is 0. The number of hydrogen-bond acceptors (Lipinski definition) is 1. The maximum atomic E-state index is 8.67. The molecule has 0 aliphatic heterocycles. The van der Waals surface area contributed by atoms with Gasteiger partial charge in [-0.25, -0.2) is 0 Å². The van der Waals surface area contributed by atoms with Crippen LogP contribution in [0.4, 0.5) is 0 Å². The largest absolute Gasteiger partial charge is 0.323 e. The topological polar surface area (TPSA) is 28.7 Å². The van der Waals surface area contributed by atoms with E-state index in [1.165, 1.54) is 0 Å². The predicted octanol–water partition coefficient (Wildman–Crippen LogP) is 3.11. The van der Waals surface area contributed by atoms with Gasteiger partial charge in [0.2, 0.25) is 0 Å². The molecule has 2 rings (SSSR count). The van der Waals surface area contributed by atoms with E-state index in [1.54, 1.807) is 6.07 Å². The molecule has 0 N–H and O–H groups in total. The van der Waals surface area contributed by atoms with Crippen molar-refractivity contribution in [3.05, 3.63) is 52.8 Å². The summed E-state index contributed by atoms with van der Waals surface area (Å²) in [6.45, 7) is 0. The molecular weight excluding hydrogens is 240 g/mol. The first kappa shape index (κ1) is 9.04. The maximum absolute atomic E-state index is 8.67. The Balaban J connectivity index is 2.40. The highest BCUT2D eigenvalue weighted by atomic mass is 79.9. The molecule has 2 aromatic rings. The Hall–Kier alpha value is -1.53. The van der Waals surface area contributed by atoms with Gasteiger partial charge in [-0.1, -0.05) is 15.9 Å². The van der Waals surface area contributed by atoms with Crippen molar-refractivity contribution in [3.8, 4) is 11.8 Å². The molecule has 0 amide bonds. The molecule has 0 fully saturated rings. The van der Waals surface area contributed by atoms with Crippen molar-refractivity contribution < 1.29 is 0 Å². The first-order valence-electron chi connectivity index (χ1n) is 4.13. The quantitative estimate of drug-likeness (QED) is 0.761. The van der Waals surface area contributed by atoms with E-state index in [0.717, 1.165) is 10.2 Å². The van der Waals surface area contributed by atoms with E-state index >= 15 is 0 Å². The molecule has 0 saturated heterocycles. The Morgan fingerprint density at radius 1 is 1.14 bits per heavy atom. The minimum absolute atomic E-state index is 0.674. The second-order valence-corrected chi connectivity index (χ2v) is 3.81. The molecule has 1 heterocycles. The van der Waals surface area contributed by atoms with Gasteiger partial charge in [0.1, 0.15) is 6.07 Å². The number of nitrogens with zero attached hydrogens (tertiary/aromatic N) is 2. The van der Waals surface area contributed by atoms with Crippen LogP contribution in [0, 0.1) is 11.3 Å². The summed E-state index contributed by atoms with van der Waals surface area (Å²) < 4.78 is 2.97. The van der Waals surface area contributed by atoms with Crippen molar-refractivity contribution in [3.63, 3.8) is 0 Å². The van der Waals surface area contributed by atoms with Crippen LogP contribution in [0.25, 0.3) is 5.69 Å². The van der Waals surface area contributed by atoms with Crippen LogP contribution in [-0.2, 0) is 0 Å². The Labute approximate surface area is 90.5 Å². The van der Waals surface area contributed by atoms with Crippen LogP contribution < -0.4 is 0 Å². The van der Waals surface area contributed by atoms with Crippen molar-refractivity contribution in [1.29, 1.82) is 5.26 Å². The Morgan fingerprint density at radius 3 is 2.43 bits per heavy atom. The average molecular weight is 247 g/mol. The number of benzene rings is 1. The number of rotatable bonds is 1. The van der Waals surface area contributed by atoms with E-state index in [-0.39, 0.29) is 0 Å². The second kappa shape index (κ2) is 3.69. The summed E-state index contributed by atoms with van der Waals surface area (Å²) in [4.78, 5) is 0. The van der Waals surface area contributed by atoms with Crippen molar-refractivity contribution in [2.45, 2.75) is 0 Å². The lowest BCUT2D eigenvalue weighted by Crippen LogP contribution is -1.88. The zero-order valence-electron chi connectivity index (χ0n) is 7.31. The SMILES string of the molecule is N#Cc1ccn(-c2ccc(Br)cc2)c1. The van der Waals surface area contributed by atoms with Gasteiger partial charge in [-0.15, -0.1) is 0 Å². The molecule has 1 aromatic heterocycles. The molecule has 0 unspecified atom stereocenters. The highest BCUT2D eigenvalue weighted by Gasteiger charge is 1.97. The summed E-state index contributed by atoms with van der Waals surface area (Å²) in [5.74, 6) is 0. The van der Waals surface area contributed by atoms with E-state index in [9.17, 15) is 0 Å². The van der Waals surface area contributed by atoms with Crippen LogP contribution >= 0.6 is 15.9 Å². The van der Waals surface area contributed by atoms with E-state index in [0.29, 0.717) is 5.56 Å². The van der Waals surface area contributed by atoms with Gasteiger partial charge < -0.3 is 4.57 Å². The third-order valence-corrected chi connectivity index (χ3v) is 2.48. The van der Waals surface area contributed by atoms with Crippen LogP contribution in [0.15, 0.2) is 47.2 Å². The molecule has 0 spiro atoms. The van der Waals surface area contributed by atoms with Crippen LogP contribution in [-0.4, -0.2) is 4.57 Å². The highest BCUT2D eigenvalue weighted by molar-refractivity contribution is 9.10. The minimum Gasteiger partial charge on any atom is -0.323 e. The lowest BCUT2D eigenvalue weighted by atomic mass is 10.3. The second-order valence-electron chi connectivity index (χ2n) is 2.90. The van der Waals surface area contributed by atoms with Crippen LogP contribution in [0.1, 0.15) is 5.56 Å². The van der Waals surface area contributed by atoms with E-state index in [1.807, 2.05) is 41.2 Å². The number of aromatic nitrogens is 1. The fourth-order valence-corrected chi connectivity index (χ4v) is 1.50. The number of nitriles is 1. The molecular formula is C11H7BrN2. The van der Waals surface area contributed by atoms with Gasteiger partial charge >= 0.3 is 0 Å². The third-order valence-electron chi connectivity index (χ3n) is 1.95. The molecule has 0 radical (unpaired) electrons. The summed E-state index contributed by atoms with van der Waals surface area (Å²) in [5.41, 5.74) is 1.72. The van der Waals surface area contributed by atoms with Crippen LogP contribution in [0.5, 0.6) is 0 Å². The highest BCUT2D eigenvalue weighted by Crippen LogP contribution is 2.14. The summed E-state index contributed by atoms with van der Waals surface area (Å²) in [6.07, 6.45) is 3.69. The fraction of sp³-hybridized carbons (Fsp3) is 0. The van der Waals surface area contributed by atoms with Gasteiger partial charge in [-0.05, 0) is 30.3 Å².